The van der Waals surface area contributed by atoms with Crippen LogP contribution in [-0.4, -0.2) is 30.9 Å². The minimum absolute atomic E-state index is 0.0241. The molecule has 0 aromatic heterocycles. The summed E-state index contributed by atoms with van der Waals surface area (Å²) in [7, 11) is 1.52. The number of carbonyl (C=O) groups is 3. The van der Waals surface area contributed by atoms with Gasteiger partial charge in [0.1, 0.15) is 11.4 Å². The Morgan fingerprint density at radius 1 is 1.06 bits per heavy atom. The van der Waals surface area contributed by atoms with Crippen molar-refractivity contribution in [1.82, 2.24) is 10.6 Å². The largest absolute Gasteiger partial charge is 0.548 e. The van der Waals surface area contributed by atoms with E-state index in [4.69, 9.17) is 4.74 Å². The molecule has 1 atom stereocenters. The Balaban J connectivity index is 2.30. The highest BCUT2D eigenvalue weighted by atomic mass is 79.9. The third-order valence-corrected chi connectivity index (χ3v) is 4.85. The molecule has 0 aliphatic rings. The molecule has 0 spiro atoms. The highest BCUT2D eigenvalue weighted by Gasteiger charge is 2.20. The van der Waals surface area contributed by atoms with E-state index in [1.165, 1.54) is 13.2 Å². The Kier molecular flexibility index (Phi) is 8.81. The predicted molar refractivity (Wildman–Crippen MR) is 119 cm³/mol. The third kappa shape index (κ3) is 7.57. The first-order valence-electron chi connectivity index (χ1n) is 9.64. The highest BCUT2D eigenvalue weighted by molar-refractivity contribution is 9.10. The van der Waals surface area contributed by atoms with Crippen molar-refractivity contribution in [3.8, 4) is 5.75 Å². The van der Waals surface area contributed by atoms with E-state index in [-0.39, 0.29) is 18.0 Å². The predicted octanol–water partition coefficient (Wildman–Crippen LogP) is 2.51. The second-order valence-corrected chi connectivity index (χ2v) is 8.18. The van der Waals surface area contributed by atoms with Crippen LogP contribution in [0.15, 0.2) is 58.7 Å². The van der Waals surface area contributed by atoms with Crippen LogP contribution in [0.25, 0.3) is 6.08 Å². The van der Waals surface area contributed by atoms with E-state index in [1.807, 2.05) is 13.8 Å². The van der Waals surface area contributed by atoms with E-state index >= 15 is 0 Å². The Morgan fingerprint density at radius 2 is 1.68 bits per heavy atom. The number of nitrogens with one attached hydrogen (secondary N) is 2. The number of carbonyl (C=O) groups excluding carboxylic acids is 3. The molecule has 2 amide bonds. The van der Waals surface area contributed by atoms with Crippen molar-refractivity contribution in [3.63, 3.8) is 0 Å². The van der Waals surface area contributed by atoms with Crippen LogP contribution in [0.1, 0.15) is 36.2 Å². The standard InChI is InChI=1S/C23H25BrN2O5/c1-14(2)12-20(23(29)30)26-22(28)19(13-15-4-8-17(24)9-5-15)25-21(27)16-6-10-18(31-3)11-7-16/h4-11,13-14,20H,12H2,1-3H3,(H,25,27)(H,26,28)(H,29,30)/p-1/b19-13-/t20-/m1/s1. The van der Waals surface area contributed by atoms with Gasteiger partial charge in [-0.25, -0.2) is 0 Å². The van der Waals surface area contributed by atoms with Gasteiger partial charge in [0, 0.05) is 10.0 Å². The van der Waals surface area contributed by atoms with Crippen LogP contribution >= 0.6 is 15.9 Å². The lowest BCUT2D eigenvalue weighted by atomic mass is 10.0. The van der Waals surface area contributed by atoms with Gasteiger partial charge in [-0.1, -0.05) is 41.9 Å². The SMILES string of the molecule is COc1ccc(C(=O)N/C(=C\c2ccc(Br)cc2)C(=O)N[C@H](CC(C)C)C(=O)[O-])cc1. The Hall–Kier alpha value is -3.13. The van der Waals surface area contributed by atoms with Crippen molar-refractivity contribution < 1.29 is 24.2 Å². The minimum atomic E-state index is -1.38. The molecule has 2 aromatic rings. The van der Waals surface area contributed by atoms with E-state index in [1.54, 1.807) is 48.5 Å². The van der Waals surface area contributed by atoms with Gasteiger partial charge in [0.2, 0.25) is 0 Å². The fraction of sp³-hybridized carbons (Fsp3) is 0.261. The molecule has 2 aromatic carbocycles. The Bertz CT molecular complexity index is 953. The number of rotatable bonds is 9. The first-order valence-corrected chi connectivity index (χ1v) is 10.4. The number of carboxylic acids is 1. The third-order valence-electron chi connectivity index (χ3n) is 4.32. The van der Waals surface area contributed by atoms with Crippen molar-refractivity contribution in [2.45, 2.75) is 26.3 Å². The topological polar surface area (TPSA) is 108 Å². The molecular weight excluding hydrogens is 464 g/mol. The van der Waals surface area contributed by atoms with Gasteiger partial charge in [-0.05, 0) is 60.4 Å². The number of hydrogen-bond donors (Lipinski definition) is 2. The molecule has 2 N–H and O–H groups in total. The van der Waals surface area contributed by atoms with Crippen LogP contribution in [0.2, 0.25) is 0 Å². The van der Waals surface area contributed by atoms with Crippen LogP contribution in [0.4, 0.5) is 0 Å². The normalized spacial score (nSPS) is 12.2. The summed E-state index contributed by atoms with van der Waals surface area (Å²) in [6.07, 6.45) is 1.68. The van der Waals surface area contributed by atoms with Crippen molar-refractivity contribution in [2.24, 2.45) is 5.92 Å². The lowest BCUT2D eigenvalue weighted by Crippen LogP contribution is -2.50. The number of carboxylic acid groups (broad SMARTS) is 1. The van der Waals surface area contributed by atoms with Crippen LogP contribution in [0, 0.1) is 5.92 Å². The molecule has 8 heteroatoms. The second kappa shape index (κ2) is 11.3. The monoisotopic (exact) mass is 487 g/mol. The second-order valence-electron chi connectivity index (χ2n) is 7.27. The number of amides is 2. The zero-order chi connectivity index (χ0) is 23.0. The molecule has 0 fully saturated rings. The molecular formula is C23H24BrN2O5-. The molecule has 0 saturated heterocycles. The zero-order valence-electron chi connectivity index (χ0n) is 17.5. The van der Waals surface area contributed by atoms with E-state index < -0.39 is 23.8 Å². The van der Waals surface area contributed by atoms with E-state index in [0.29, 0.717) is 16.9 Å². The molecule has 0 saturated carbocycles. The fourth-order valence-electron chi connectivity index (χ4n) is 2.74. The van der Waals surface area contributed by atoms with Crippen LogP contribution in [0.5, 0.6) is 5.75 Å². The summed E-state index contributed by atoms with van der Waals surface area (Å²) < 4.78 is 5.94. The van der Waals surface area contributed by atoms with Gasteiger partial charge in [0.25, 0.3) is 11.8 Å². The lowest BCUT2D eigenvalue weighted by Gasteiger charge is -2.22. The van der Waals surface area contributed by atoms with Gasteiger partial charge in [-0.2, -0.15) is 0 Å². The summed E-state index contributed by atoms with van der Waals surface area (Å²) in [5.74, 6) is -2.01. The molecule has 2 rings (SSSR count). The van der Waals surface area contributed by atoms with Crippen LogP contribution in [0.3, 0.4) is 0 Å². The van der Waals surface area contributed by atoms with E-state index in [2.05, 4.69) is 26.6 Å². The van der Waals surface area contributed by atoms with Crippen molar-refractivity contribution in [2.75, 3.05) is 7.11 Å². The number of hydrogen-bond acceptors (Lipinski definition) is 5. The fourth-order valence-corrected chi connectivity index (χ4v) is 3.01. The molecule has 0 unspecified atom stereocenters. The van der Waals surface area contributed by atoms with Gasteiger partial charge in [0.15, 0.2) is 0 Å². The lowest BCUT2D eigenvalue weighted by molar-refractivity contribution is -0.308. The Labute approximate surface area is 189 Å². The van der Waals surface area contributed by atoms with Crippen molar-refractivity contribution in [3.05, 3.63) is 69.8 Å². The number of halogens is 1. The maximum absolute atomic E-state index is 12.9. The molecule has 0 bridgehead atoms. The van der Waals surface area contributed by atoms with E-state index in [0.717, 1.165) is 4.47 Å². The van der Waals surface area contributed by atoms with Crippen LogP contribution in [-0.2, 0) is 9.59 Å². The summed E-state index contributed by atoms with van der Waals surface area (Å²) in [5.41, 5.74) is 0.879. The summed E-state index contributed by atoms with van der Waals surface area (Å²) in [5, 5.41) is 16.5. The molecule has 0 heterocycles. The van der Waals surface area contributed by atoms with Gasteiger partial charge in [-0.15, -0.1) is 0 Å². The first kappa shape index (κ1) is 24.1. The molecule has 7 nitrogen and oxygen atoms in total. The summed E-state index contributed by atoms with van der Waals surface area (Å²) in [6.45, 7) is 3.68. The first-order chi connectivity index (χ1) is 14.7. The zero-order valence-corrected chi connectivity index (χ0v) is 19.1. The summed E-state index contributed by atoms with van der Waals surface area (Å²) in [6, 6.07) is 12.3. The molecule has 0 radical (unpaired) electrons. The molecule has 0 aliphatic carbocycles. The van der Waals surface area contributed by atoms with Gasteiger partial charge in [0.05, 0.1) is 19.1 Å². The maximum atomic E-state index is 12.9. The minimum Gasteiger partial charge on any atom is -0.548 e. The maximum Gasteiger partial charge on any atom is 0.268 e. The van der Waals surface area contributed by atoms with Crippen molar-refractivity contribution in [1.29, 1.82) is 0 Å². The number of benzene rings is 2. The van der Waals surface area contributed by atoms with Gasteiger partial charge < -0.3 is 25.3 Å². The number of aliphatic carboxylic acids is 1. The number of methoxy groups -OCH3 is 1. The highest BCUT2D eigenvalue weighted by Crippen LogP contribution is 2.15. The van der Waals surface area contributed by atoms with Gasteiger partial charge >= 0.3 is 0 Å². The van der Waals surface area contributed by atoms with Crippen LogP contribution < -0.4 is 20.5 Å². The molecule has 0 aliphatic heterocycles. The Morgan fingerprint density at radius 3 is 2.19 bits per heavy atom. The summed E-state index contributed by atoms with van der Waals surface area (Å²) >= 11 is 3.34. The summed E-state index contributed by atoms with van der Waals surface area (Å²) in [4.78, 5) is 37.0. The average molecular weight is 488 g/mol. The average Bonchev–Trinajstić information content (AvgIpc) is 2.73. The van der Waals surface area contributed by atoms with Crippen molar-refractivity contribution >= 4 is 39.8 Å². The van der Waals surface area contributed by atoms with E-state index in [9.17, 15) is 19.5 Å². The number of ether oxygens (including phenoxy) is 1. The molecule has 31 heavy (non-hydrogen) atoms. The quantitative estimate of drug-likeness (QED) is 0.528. The van der Waals surface area contributed by atoms with Gasteiger partial charge in [-0.3, -0.25) is 9.59 Å². The molecule has 164 valence electrons. The smallest absolute Gasteiger partial charge is 0.268 e.